The van der Waals surface area contributed by atoms with Crippen molar-refractivity contribution in [1.82, 2.24) is 8.97 Å². The molecule has 10 aromatic rings. The summed E-state index contributed by atoms with van der Waals surface area (Å²) in [6.07, 6.45) is 8.74. The van der Waals surface area contributed by atoms with Crippen molar-refractivity contribution >= 4 is 82.4 Å². The lowest BCUT2D eigenvalue weighted by Gasteiger charge is -2.33. The number of hydrogen-bond acceptors (Lipinski definition) is 3. The van der Waals surface area contributed by atoms with Gasteiger partial charge in [0.2, 0.25) is 0 Å². The number of benzene rings is 6. The van der Waals surface area contributed by atoms with Gasteiger partial charge in [-0.25, -0.2) is 0 Å². The second kappa shape index (κ2) is 9.12. The Balaban J connectivity index is 1.16. The van der Waals surface area contributed by atoms with Crippen LogP contribution in [0, 0.1) is 0 Å². The van der Waals surface area contributed by atoms with Crippen LogP contribution < -0.4 is 10.6 Å². The first kappa shape index (κ1) is 25.6. The van der Waals surface area contributed by atoms with Gasteiger partial charge in [-0.05, 0) is 59.7 Å². The number of para-hydroxylation sites is 3. The van der Waals surface area contributed by atoms with E-state index < -0.39 is 0 Å². The van der Waals surface area contributed by atoms with E-state index >= 15 is 0 Å². The maximum absolute atomic E-state index is 6.57. The zero-order chi connectivity index (χ0) is 31.8. The van der Waals surface area contributed by atoms with Crippen molar-refractivity contribution in [3.05, 3.63) is 146 Å². The monoisotopic (exact) mass is 628 g/mol. The van der Waals surface area contributed by atoms with Crippen LogP contribution in [0.2, 0.25) is 0 Å². The summed E-state index contributed by atoms with van der Waals surface area (Å²) in [5, 5.41) is 16.2. The maximum Gasteiger partial charge on any atom is 0.136 e. The average Bonchev–Trinajstić information content (AvgIpc) is 3.88. The zero-order valence-corrected chi connectivity index (χ0v) is 26.3. The number of furan rings is 1. The molecule has 5 heterocycles. The Hall–Kier alpha value is -6.46. The lowest BCUT2D eigenvalue weighted by Crippen LogP contribution is -2.41. The highest BCUT2D eigenvalue weighted by atomic mass is 16.3. The summed E-state index contributed by atoms with van der Waals surface area (Å²) in [6, 6.07) is 44.3. The van der Waals surface area contributed by atoms with Gasteiger partial charge in [0.1, 0.15) is 17.0 Å². The predicted octanol–water partition coefficient (Wildman–Crippen LogP) is 11.0. The molecule has 2 unspecified atom stereocenters. The van der Waals surface area contributed by atoms with Crippen LogP contribution >= 0.6 is 0 Å². The number of hydrogen-bond donors (Lipinski definition) is 2. The van der Waals surface area contributed by atoms with Crippen molar-refractivity contribution < 1.29 is 4.42 Å². The third kappa shape index (κ3) is 3.29. The Morgan fingerprint density at radius 2 is 1.24 bits per heavy atom. The van der Waals surface area contributed by atoms with E-state index in [9.17, 15) is 0 Å². The van der Waals surface area contributed by atoms with Crippen LogP contribution in [0.15, 0.2) is 150 Å². The summed E-state index contributed by atoms with van der Waals surface area (Å²) in [5.74, 6) is 1.11. The van der Waals surface area contributed by atoms with Crippen molar-refractivity contribution in [2.75, 3.05) is 10.6 Å². The Labute approximate surface area is 280 Å². The molecule has 5 nitrogen and oxygen atoms in total. The number of allylic oxidation sites excluding steroid dienone is 2. The van der Waals surface area contributed by atoms with Gasteiger partial charge in [-0.2, -0.15) is 0 Å². The molecule has 230 valence electrons. The largest absolute Gasteiger partial charge is 0.456 e. The first-order valence-corrected chi connectivity index (χ1v) is 16.9. The third-order valence-corrected chi connectivity index (χ3v) is 10.9. The Morgan fingerprint density at radius 1 is 0.510 bits per heavy atom. The fraction of sp³-hybridized carbons (Fsp3) is 0.0455. The van der Waals surface area contributed by atoms with E-state index in [2.05, 4.69) is 165 Å². The average molecular weight is 629 g/mol. The van der Waals surface area contributed by atoms with E-state index in [-0.39, 0.29) is 12.1 Å². The molecule has 0 saturated carbocycles. The van der Waals surface area contributed by atoms with E-state index in [0.717, 1.165) is 33.7 Å². The smallest absolute Gasteiger partial charge is 0.136 e. The second-order valence-corrected chi connectivity index (χ2v) is 13.4. The Morgan fingerprint density at radius 3 is 2.14 bits per heavy atom. The van der Waals surface area contributed by atoms with Gasteiger partial charge in [0.05, 0.1) is 39.8 Å². The van der Waals surface area contributed by atoms with Crippen molar-refractivity contribution in [1.29, 1.82) is 0 Å². The van der Waals surface area contributed by atoms with Crippen molar-refractivity contribution in [3.8, 4) is 16.8 Å². The molecule has 0 bridgehead atoms. The first-order valence-electron chi connectivity index (χ1n) is 16.9. The molecular formula is C44H28N4O. The van der Waals surface area contributed by atoms with Gasteiger partial charge in [0.25, 0.3) is 0 Å². The molecule has 6 aromatic carbocycles. The highest BCUT2D eigenvalue weighted by molar-refractivity contribution is 6.33. The molecule has 0 saturated heterocycles. The summed E-state index contributed by atoms with van der Waals surface area (Å²) in [5.41, 5.74) is 11.3. The molecular weight excluding hydrogens is 601 g/mol. The number of fused-ring (bicyclic) bond motifs is 14. The van der Waals surface area contributed by atoms with Crippen LogP contribution in [-0.4, -0.2) is 21.1 Å². The SMILES string of the molecule is C1=CC2Nc3c(n4c5ccc(-c6ccc7c8ccccc8n(-c8ccccc8)c7c6)cc5c5c6c(cc3c54)oc3ccccc36)NC2C=C1. The normalized spacial score (nSPS) is 17.1. The van der Waals surface area contributed by atoms with Crippen LogP contribution in [0.4, 0.5) is 11.5 Å². The summed E-state index contributed by atoms with van der Waals surface area (Å²) in [7, 11) is 0. The van der Waals surface area contributed by atoms with Crippen molar-refractivity contribution in [3.63, 3.8) is 0 Å². The Kier molecular flexibility index (Phi) is 4.76. The maximum atomic E-state index is 6.57. The lowest BCUT2D eigenvalue weighted by atomic mass is 9.97. The summed E-state index contributed by atoms with van der Waals surface area (Å²) < 4.78 is 11.4. The second-order valence-electron chi connectivity index (χ2n) is 13.4. The van der Waals surface area contributed by atoms with Crippen LogP contribution in [0.1, 0.15) is 0 Å². The molecule has 1 aliphatic carbocycles. The van der Waals surface area contributed by atoms with Gasteiger partial charge in [0, 0.05) is 43.4 Å². The molecule has 2 atom stereocenters. The van der Waals surface area contributed by atoms with E-state index in [4.69, 9.17) is 4.42 Å². The molecule has 49 heavy (non-hydrogen) atoms. The predicted molar refractivity (Wildman–Crippen MR) is 204 cm³/mol. The quantitative estimate of drug-likeness (QED) is 0.200. The molecule has 1 aliphatic heterocycles. The molecule has 12 rings (SSSR count). The van der Waals surface area contributed by atoms with Crippen LogP contribution in [0.3, 0.4) is 0 Å². The number of nitrogens with one attached hydrogen (secondary N) is 2. The minimum absolute atomic E-state index is 0.178. The van der Waals surface area contributed by atoms with Gasteiger partial charge in [-0.15, -0.1) is 0 Å². The molecule has 0 spiro atoms. The highest BCUT2D eigenvalue weighted by Crippen LogP contribution is 2.50. The third-order valence-electron chi connectivity index (χ3n) is 10.9. The fourth-order valence-electron chi connectivity index (χ4n) is 8.76. The minimum Gasteiger partial charge on any atom is -0.456 e. The van der Waals surface area contributed by atoms with Crippen LogP contribution in [-0.2, 0) is 0 Å². The summed E-state index contributed by atoms with van der Waals surface area (Å²) in [6.45, 7) is 0. The number of anilines is 2. The lowest BCUT2D eigenvalue weighted by molar-refractivity contribution is 0.669. The van der Waals surface area contributed by atoms with E-state index in [1.165, 1.54) is 65.5 Å². The van der Waals surface area contributed by atoms with Gasteiger partial charge in [0.15, 0.2) is 0 Å². The zero-order valence-electron chi connectivity index (χ0n) is 26.3. The molecule has 0 fully saturated rings. The summed E-state index contributed by atoms with van der Waals surface area (Å²) >= 11 is 0. The molecule has 2 N–H and O–H groups in total. The molecule has 0 radical (unpaired) electrons. The van der Waals surface area contributed by atoms with E-state index in [1.54, 1.807) is 0 Å². The minimum atomic E-state index is 0.178. The molecule has 0 amide bonds. The Bertz CT molecular complexity index is 3060. The topological polar surface area (TPSA) is 46.5 Å². The van der Waals surface area contributed by atoms with Crippen LogP contribution in [0.5, 0.6) is 0 Å². The molecule has 4 aromatic heterocycles. The highest BCUT2D eigenvalue weighted by Gasteiger charge is 2.33. The van der Waals surface area contributed by atoms with E-state index in [0.29, 0.717) is 0 Å². The standard InChI is InChI=1S/C44H28N4O/c1-2-10-27(11-3-1)47-35-16-8-4-12-28(35)29-20-18-26(23-37(29)47)25-19-21-36-31(22-25)41-40-30-13-5-9-17-38(30)49-39(40)24-32-42-44(48(36)43(32)41)46-34-15-7-6-14-33(34)45-42/h1-24,33-34,45-46H. The fourth-order valence-corrected chi connectivity index (χ4v) is 8.76. The number of rotatable bonds is 2. The summed E-state index contributed by atoms with van der Waals surface area (Å²) in [4.78, 5) is 0. The van der Waals surface area contributed by atoms with Gasteiger partial charge in [-0.3, -0.25) is 4.40 Å². The van der Waals surface area contributed by atoms with Crippen LogP contribution in [0.25, 0.3) is 87.8 Å². The number of nitrogens with zero attached hydrogens (tertiary/aromatic N) is 2. The van der Waals surface area contributed by atoms with E-state index in [1.807, 2.05) is 0 Å². The molecule has 2 aliphatic rings. The van der Waals surface area contributed by atoms with Gasteiger partial charge in [-0.1, -0.05) is 97.1 Å². The van der Waals surface area contributed by atoms with Crippen molar-refractivity contribution in [2.24, 2.45) is 0 Å². The number of aromatic nitrogens is 2. The van der Waals surface area contributed by atoms with Gasteiger partial charge < -0.3 is 19.6 Å². The van der Waals surface area contributed by atoms with Crippen molar-refractivity contribution in [2.45, 2.75) is 12.1 Å². The molecule has 5 heteroatoms. The van der Waals surface area contributed by atoms with Gasteiger partial charge >= 0.3 is 0 Å². The first-order chi connectivity index (χ1) is 24.3.